The molecule has 4 N–H and O–H groups in total. The Morgan fingerprint density at radius 2 is 1.49 bits per heavy atom. The third-order valence-electron chi connectivity index (χ3n) is 6.03. The largest absolute Gasteiger partial charge is 0.497 e. The van der Waals surface area contributed by atoms with Gasteiger partial charge >= 0.3 is 5.97 Å². The molecular formula is C28H43N3O7S. The number of carboxylic acid groups (broad SMARTS) is 1. The highest BCUT2D eigenvalue weighted by atomic mass is 32.2. The Balaban J connectivity index is 3.19. The molecule has 0 radical (unpaired) electrons. The summed E-state index contributed by atoms with van der Waals surface area (Å²) in [6.45, 7) is 8.91. The van der Waals surface area contributed by atoms with E-state index in [0.29, 0.717) is 12.2 Å². The number of carbonyl (C=O) groups is 5. The van der Waals surface area contributed by atoms with E-state index in [-0.39, 0.29) is 42.1 Å². The summed E-state index contributed by atoms with van der Waals surface area (Å²) >= 11 is 0.883. The number of ether oxygens (including phenoxy) is 1. The van der Waals surface area contributed by atoms with Gasteiger partial charge in [-0.05, 0) is 42.4 Å². The zero-order valence-corrected chi connectivity index (χ0v) is 24.7. The second-order valence-electron chi connectivity index (χ2n) is 10.4. The van der Waals surface area contributed by atoms with Crippen LogP contribution in [0.15, 0.2) is 24.3 Å². The highest BCUT2D eigenvalue weighted by molar-refractivity contribution is 8.14. The molecule has 10 nitrogen and oxygen atoms in total. The van der Waals surface area contributed by atoms with Crippen LogP contribution in [0.1, 0.15) is 59.4 Å². The van der Waals surface area contributed by atoms with E-state index in [2.05, 4.69) is 16.0 Å². The lowest BCUT2D eigenvalue weighted by Gasteiger charge is -2.29. The van der Waals surface area contributed by atoms with Crippen molar-refractivity contribution in [1.29, 1.82) is 0 Å². The first-order valence-corrected chi connectivity index (χ1v) is 14.0. The van der Waals surface area contributed by atoms with Crippen molar-refractivity contribution in [3.05, 3.63) is 29.8 Å². The third kappa shape index (κ3) is 12.5. The molecule has 218 valence electrons. The molecule has 0 bridgehead atoms. The number of thioether (sulfide) groups is 1. The van der Waals surface area contributed by atoms with Gasteiger partial charge in [0.25, 0.3) is 0 Å². The molecule has 1 aromatic rings. The minimum absolute atomic E-state index is 0.0422. The van der Waals surface area contributed by atoms with Gasteiger partial charge in [-0.25, -0.2) is 4.79 Å². The van der Waals surface area contributed by atoms with Crippen LogP contribution in [-0.2, 0) is 30.4 Å². The van der Waals surface area contributed by atoms with E-state index in [4.69, 9.17) is 4.74 Å². The molecule has 39 heavy (non-hydrogen) atoms. The average Bonchev–Trinajstić information content (AvgIpc) is 2.85. The Morgan fingerprint density at radius 3 is 1.95 bits per heavy atom. The first kappa shape index (κ1) is 33.9. The lowest BCUT2D eigenvalue weighted by atomic mass is 9.90. The molecule has 0 aromatic heterocycles. The number of carboxylic acids is 1. The SMILES string of the molecule is CNC(=O)[C@H](Cc1ccc(OC)cc1)NC(=O)[C@H](CC(C)C)[C@H](CC(=O)NC(CC(C)C)C(=O)O)SC(C)=O. The standard InChI is InChI=1S/C28H43N3O7S/c1-16(2)12-21(24(39-18(5)32)15-25(33)30-23(28(36)37)13-17(3)4)26(34)31-22(27(35)29-6)14-19-8-10-20(38-7)11-9-19/h8-11,16-17,21-24H,12-15H2,1-7H3,(H,29,35)(H,30,33)(H,31,34)(H,36,37)/t21-,22+,23?,24+/m1/s1. The van der Waals surface area contributed by atoms with Crippen molar-refractivity contribution in [3.63, 3.8) is 0 Å². The van der Waals surface area contributed by atoms with E-state index in [1.54, 1.807) is 31.4 Å². The minimum Gasteiger partial charge on any atom is -0.497 e. The minimum atomic E-state index is -1.14. The third-order valence-corrected chi connectivity index (χ3v) is 7.16. The van der Waals surface area contributed by atoms with Crippen LogP contribution in [0.3, 0.4) is 0 Å². The number of methoxy groups -OCH3 is 1. The van der Waals surface area contributed by atoms with Crippen molar-refractivity contribution in [2.24, 2.45) is 17.8 Å². The van der Waals surface area contributed by atoms with E-state index in [1.807, 2.05) is 27.7 Å². The summed E-state index contributed by atoms with van der Waals surface area (Å²) in [5, 5.41) is 16.4. The van der Waals surface area contributed by atoms with Crippen LogP contribution in [0.2, 0.25) is 0 Å². The van der Waals surface area contributed by atoms with E-state index in [9.17, 15) is 29.1 Å². The predicted molar refractivity (Wildman–Crippen MR) is 151 cm³/mol. The first-order valence-electron chi connectivity index (χ1n) is 13.1. The molecule has 0 aliphatic rings. The van der Waals surface area contributed by atoms with E-state index >= 15 is 0 Å². The zero-order chi connectivity index (χ0) is 29.7. The van der Waals surface area contributed by atoms with Crippen LogP contribution in [0.5, 0.6) is 5.75 Å². The lowest BCUT2D eigenvalue weighted by Crippen LogP contribution is -2.51. The van der Waals surface area contributed by atoms with Crippen molar-refractivity contribution in [2.75, 3.05) is 14.2 Å². The van der Waals surface area contributed by atoms with Gasteiger partial charge in [0.05, 0.1) is 13.0 Å². The molecule has 1 aromatic carbocycles. The van der Waals surface area contributed by atoms with Gasteiger partial charge in [-0.2, -0.15) is 0 Å². The van der Waals surface area contributed by atoms with Crippen molar-refractivity contribution >= 4 is 40.6 Å². The predicted octanol–water partition coefficient (Wildman–Crippen LogP) is 2.78. The second kappa shape index (κ2) is 16.8. The highest BCUT2D eigenvalue weighted by Gasteiger charge is 2.35. The molecule has 0 spiro atoms. The van der Waals surface area contributed by atoms with Crippen molar-refractivity contribution < 1.29 is 33.8 Å². The molecule has 4 atom stereocenters. The fourth-order valence-electron chi connectivity index (χ4n) is 4.20. The monoisotopic (exact) mass is 565 g/mol. The van der Waals surface area contributed by atoms with Crippen LogP contribution in [0.4, 0.5) is 0 Å². The summed E-state index contributed by atoms with van der Waals surface area (Å²) in [6, 6.07) is 5.19. The van der Waals surface area contributed by atoms with Crippen LogP contribution in [0, 0.1) is 17.8 Å². The number of nitrogens with one attached hydrogen (secondary N) is 3. The zero-order valence-electron chi connectivity index (χ0n) is 23.9. The van der Waals surface area contributed by atoms with Crippen LogP contribution >= 0.6 is 11.8 Å². The summed E-state index contributed by atoms with van der Waals surface area (Å²) in [5.41, 5.74) is 0.809. The quantitative estimate of drug-likeness (QED) is 0.239. The molecule has 3 amide bonds. The Bertz CT molecular complexity index is 982. The normalized spacial score (nSPS) is 14.2. The second-order valence-corrected chi connectivity index (χ2v) is 11.8. The van der Waals surface area contributed by atoms with Gasteiger partial charge < -0.3 is 25.8 Å². The number of hydrogen-bond donors (Lipinski definition) is 4. The maximum atomic E-state index is 13.6. The van der Waals surface area contributed by atoms with Gasteiger partial charge in [-0.1, -0.05) is 51.6 Å². The maximum Gasteiger partial charge on any atom is 0.326 e. The fourth-order valence-corrected chi connectivity index (χ4v) is 5.26. The topological polar surface area (TPSA) is 151 Å². The molecule has 0 heterocycles. The number of likely N-dealkylation sites (N-methyl/N-ethyl adjacent to an activating group) is 1. The van der Waals surface area contributed by atoms with Crippen LogP contribution < -0.4 is 20.7 Å². The number of carbonyl (C=O) groups excluding carboxylic acids is 4. The van der Waals surface area contributed by atoms with Gasteiger partial charge in [0.15, 0.2) is 5.12 Å². The van der Waals surface area contributed by atoms with Gasteiger partial charge in [0, 0.05) is 32.1 Å². The average molecular weight is 566 g/mol. The van der Waals surface area contributed by atoms with E-state index < -0.39 is 41.0 Å². The number of hydrogen-bond acceptors (Lipinski definition) is 7. The molecule has 0 saturated carbocycles. The van der Waals surface area contributed by atoms with Crippen molar-refractivity contribution in [2.45, 2.75) is 77.6 Å². The van der Waals surface area contributed by atoms with Crippen LogP contribution in [0.25, 0.3) is 0 Å². The van der Waals surface area contributed by atoms with Gasteiger partial charge in [0.1, 0.15) is 17.8 Å². The van der Waals surface area contributed by atoms with Crippen LogP contribution in [-0.4, -0.2) is 65.4 Å². The number of aliphatic carboxylic acids is 1. The Kier molecular flexibility index (Phi) is 14.6. The van der Waals surface area contributed by atoms with Crippen molar-refractivity contribution in [3.8, 4) is 5.75 Å². The number of benzene rings is 1. The molecule has 1 unspecified atom stereocenters. The number of amides is 3. The summed E-state index contributed by atoms with van der Waals surface area (Å²) in [5.74, 6) is -2.55. The molecule has 11 heteroatoms. The molecular weight excluding hydrogens is 522 g/mol. The summed E-state index contributed by atoms with van der Waals surface area (Å²) < 4.78 is 5.18. The lowest BCUT2D eigenvalue weighted by molar-refractivity contribution is -0.142. The Hall–Kier alpha value is -3.08. The van der Waals surface area contributed by atoms with Gasteiger partial charge in [-0.3, -0.25) is 19.2 Å². The molecule has 0 saturated heterocycles. The highest BCUT2D eigenvalue weighted by Crippen LogP contribution is 2.30. The molecule has 0 fully saturated rings. The van der Waals surface area contributed by atoms with Gasteiger partial charge in [0.2, 0.25) is 17.7 Å². The first-order chi connectivity index (χ1) is 18.3. The maximum absolute atomic E-state index is 13.6. The van der Waals surface area contributed by atoms with Gasteiger partial charge in [-0.15, -0.1) is 0 Å². The number of rotatable bonds is 16. The molecule has 1 rings (SSSR count). The Labute approximate surface area is 235 Å². The van der Waals surface area contributed by atoms with E-state index in [0.717, 1.165) is 17.3 Å². The molecule has 0 aliphatic carbocycles. The van der Waals surface area contributed by atoms with Crippen molar-refractivity contribution in [1.82, 2.24) is 16.0 Å². The fraction of sp³-hybridized carbons (Fsp3) is 0.607. The smallest absolute Gasteiger partial charge is 0.326 e. The summed E-state index contributed by atoms with van der Waals surface area (Å²) in [6.07, 6.45) is 0.617. The summed E-state index contributed by atoms with van der Waals surface area (Å²) in [7, 11) is 3.04. The summed E-state index contributed by atoms with van der Waals surface area (Å²) in [4.78, 5) is 63.0. The van der Waals surface area contributed by atoms with E-state index in [1.165, 1.54) is 14.0 Å². The Morgan fingerprint density at radius 1 is 0.897 bits per heavy atom. The molecule has 0 aliphatic heterocycles.